The van der Waals surface area contributed by atoms with Crippen LogP contribution in [0.3, 0.4) is 0 Å². The molecule has 0 spiro atoms. The fourth-order valence-electron chi connectivity index (χ4n) is 2.36. The van der Waals surface area contributed by atoms with Gasteiger partial charge in [0.1, 0.15) is 17.4 Å². The number of benzene rings is 1. The number of hydrogen-bond donors (Lipinski definition) is 1. The molecule has 0 saturated heterocycles. The van der Waals surface area contributed by atoms with Gasteiger partial charge in [0.25, 0.3) is 0 Å². The van der Waals surface area contributed by atoms with Gasteiger partial charge in [-0.1, -0.05) is 6.92 Å². The lowest BCUT2D eigenvalue weighted by molar-refractivity contribution is -0.148. The average Bonchev–Trinajstić information content (AvgIpc) is 2.63. The van der Waals surface area contributed by atoms with Crippen LogP contribution in [0.1, 0.15) is 25.8 Å². The molecule has 0 aliphatic heterocycles. The van der Waals surface area contributed by atoms with Crippen LogP contribution in [0.25, 0.3) is 0 Å². The number of carbonyl (C=O) groups excluding carboxylic acids is 1. The normalized spacial score (nSPS) is 13.5. The number of ether oxygens (including phenoxy) is 2. The second-order valence-electron chi connectivity index (χ2n) is 5.92. The topological polar surface area (TPSA) is 85.7 Å². The van der Waals surface area contributed by atoms with E-state index in [1.54, 1.807) is 6.92 Å². The van der Waals surface area contributed by atoms with Gasteiger partial charge in [0.05, 0.1) is 5.56 Å². The molecule has 0 aliphatic rings. The van der Waals surface area contributed by atoms with Crippen LogP contribution in [0.2, 0.25) is 0 Å². The zero-order valence-corrected chi connectivity index (χ0v) is 15.1. The largest absolute Gasteiger partial charge is 0.483 e. The highest BCUT2D eigenvalue weighted by Gasteiger charge is 2.31. The van der Waals surface area contributed by atoms with Crippen LogP contribution in [0, 0.1) is 5.92 Å². The molecule has 0 fully saturated rings. The van der Waals surface area contributed by atoms with Crippen LogP contribution in [0.5, 0.6) is 17.4 Å². The number of ketones is 1. The molecule has 0 bridgehead atoms. The quantitative estimate of drug-likeness (QED) is 0.667. The van der Waals surface area contributed by atoms with Crippen molar-refractivity contribution in [1.82, 2.24) is 4.98 Å². The minimum absolute atomic E-state index is 0.0162. The van der Waals surface area contributed by atoms with Crippen molar-refractivity contribution in [1.29, 1.82) is 0 Å². The summed E-state index contributed by atoms with van der Waals surface area (Å²) in [5.74, 6) is -2.27. The highest BCUT2D eigenvalue weighted by Crippen LogP contribution is 2.30. The Bertz CT molecular complexity index is 819. The number of pyridine rings is 1. The molecule has 1 N–H and O–H groups in total. The van der Waals surface area contributed by atoms with Gasteiger partial charge in [-0.15, -0.1) is 0 Å². The van der Waals surface area contributed by atoms with Gasteiger partial charge >= 0.3 is 12.1 Å². The predicted molar refractivity (Wildman–Crippen MR) is 92.3 cm³/mol. The number of nitrogens with zero attached hydrogens (tertiary/aromatic N) is 1. The third-order valence-corrected chi connectivity index (χ3v) is 3.87. The van der Waals surface area contributed by atoms with Crippen molar-refractivity contribution in [2.24, 2.45) is 5.92 Å². The molecule has 6 nitrogen and oxygen atoms in total. The Kier molecular flexibility index (Phi) is 6.61. The minimum atomic E-state index is -4.48. The number of aliphatic carboxylic acids is 1. The van der Waals surface area contributed by atoms with Crippen LogP contribution in [-0.2, 0) is 15.8 Å². The van der Waals surface area contributed by atoms with Gasteiger partial charge in [0, 0.05) is 12.3 Å². The maximum absolute atomic E-state index is 12.5. The molecule has 28 heavy (non-hydrogen) atoms. The number of halogens is 3. The van der Waals surface area contributed by atoms with E-state index >= 15 is 0 Å². The number of carboxylic acids is 1. The van der Waals surface area contributed by atoms with E-state index in [0.29, 0.717) is 17.7 Å². The Balaban J connectivity index is 1.99. The summed E-state index contributed by atoms with van der Waals surface area (Å²) in [6, 6.07) is 7.92. The number of carboxylic acid groups (broad SMARTS) is 1. The van der Waals surface area contributed by atoms with Crippen LogP contribution in [0.4, 0.5) is 13.2 Å². The molecule has 1 aromatic heterocycles. The fourth-order valence-corrected chi connectivity index (χ4v) is 2.36. The summed E-state index contributed by atoms with van der Waals surface area (Å²) in [6.45, 7) is 3.06. The molecule has 9 heteroatoms. The molecular weight excluding hydrogens is 379 g/mol. The van der Waals surface area contributed by atoms with Crippen molar-refractivity contribution in [2.45, 2.75) is 32.5 Å². The number of hydrogen-bond acceptors (Lipinski definition) is 5. The lowest BCUT2D eigenvalue weighted by Crippen LogP contribution is -2.34. The zero-order chi connectivity index (χ0) is 20.9. The van der Waals surface area contributed by atoms with Gasteiger partial charge in [0.15, 0.2) is 11.9 Å². The SMILES string of the molecule is CCC(C(=O)O)C(=O)C(C)Oc1ccc(Oc2ccc(C(F)(F)F)cn2)cc1. The summed E-state index contributed by atoms with van der Waals surface area (Å²) in [5.41, 5.74) is -0.881. The average molecular weight is 397 g/mol. The lowest BCUT2D eigenvalue weighted by Gasteiger charge is -2.17. The Morgan fingerprint density at radius 2 is 1.71 bits per heavy atom. The van der Waals surface area contributed by atoms with E-state index in [1.807, 2.05) is 0 Å². The second kappa shape index (κ2) is 8.73. The Morgan fingerprint density at radius 3 is 2.18 bits per heavy atom. The Hall–Kier alpha value is -3.10. The van der Waals surface area contributed by atoms with E-state index in [4.69, 9.17) is 14.6 Å². The maximum atomic E-state index is 12.5. The number of rotatable bonds is 8. The number of carbonyl (C=O) groups is 2. The molecule has 0 saturated carbocycles. The van der Waals surface area contributed by atoms with Crippen molar-refractivity contribution in [3.63, 3.8) is 0 Å². The number of Topliss-reactive ketones (excluding diaryl/α,β-unsaturated/α-hetero) is 1. The van der Waals surface area contributed by atoms with Crippen molar-refractivity contribution < 1.29 is 37.3 Å². The first kappa shape index (κ1) is 21.2. The molecule has 2 rings (SSSR count). The Morgan fingerprint density at radius 1 is 1.11 bits per heavy atom. The first-order valence-corrected chi connectivity index (χ1v) is 8.36. The highest BCUT2D eigenvalue weighted by molar-refractivity contribution is 6.00. The van der Waals surface area contributed by atoms with E-state index in [0.717, 1.165) is 12.1 Å². The summed E-state index contributed by atoms with van der Waals surface area (Å²) in [4.78, 5) is 26.8. The Labute approximate surface area is 158 Å². The molecule has 150 valence electrons. The van der Waals surface area contributed by atoms with Crippen LogP contribution in [-0.4, -0.2) is 27.9 Å². The molecule has 1 aromatic carbocycles. The van der Waals surface area contributed by atoms with E-state index in [1.165, 1.54) is 31.2 Å². The van der Waals surface area contributed by atoms with E-state index in [-0.39, 0.29) is 12.3 Å². The van der Waals surface area contributed by atoms with Crippen LogP contribution in [0.15, 0.2) is 42.6 Å². The molecule has 1 heterocycles. The van der Waals surface area contributed by atoms with Gasteiger partial charge in [0.2, 0.25) is 5.88 Å². The van der Waals surface area contributed by atoms with Gasteiger partial charge in [-0.2, -0.15) is 13.2 Å². The van der Waals surface area contributed by atoms with Gasteiger partial charge in [-0.05, 0) is 43.7 Å². The molecule has 2 atom stereocenters. The second-order valence-corrected chi connectivity index (χ2v) is 5.92. The number of aromatic nitrogens is 1. The van der Waals surface area contributed by atoms with E-state index in [2.05, 4.69) is 4.98 Å². The third kappa shape index (κ3) is 5.45. The third-order valence-electron chi connectivity index (χ3n) is 3.87. The smallest absolute Gasteiger partial charge is 0.417 e. The molecule has 0 radical (unpaired) electrons. The monoisotopic (exact) mass is 397 g/mol. The van der Waals surface area contributed by atoms with Crippen molar-refractivity contribution in [3.05, 3.63) is 48.2 Å². The standard InChI is InChI=1S/C19H18F3NO5/c1-3-15(18(25)26)17(24)11(2)27-13-5-7-14(8-6-13)28-16-9-4-12(10-23-16)19(20,21)22/h4-11,15H,3H2,1-2H3,(H,25,26). The predicted octanol–water partition coefficient (Wildman–Crippen LogP) is 4.34. The van der Waals surface area contributed by atoms with Gasteiger partial charge in [-0.25, -0.2) is 4.98 Å². The molecule has 0 amide bonds. The maximum Gasteiger partial charge on any atom is 0.417 e. The van der Waals surface area contributed by atoms with Crippen molar-refractivity contribution >= 4 is 11.8 Å². The van der Waals surface area contributed by atoms with Gasteiger partial charge < -0.3 is 14.6 Å². The summed E-state index contributed by atoms with van der Waals surface area (Å²) in [6.07, 6.45) is -4.60. The van der Waals surface area contributed by atoms with Gasteiger partial charge in [-0.3, -0.25) is 9.59 Å². The number of alkyl halides is 3. The van der Waals surface area contributed by atoms with Crippen LogP contribution >= 0.6 is 0 Å². The zero-order valence-electron chi connectivity index (χ0n) is 15.1. The summed E-state index contributed by atoms with van der Waals surface area (Å²) < 4.78 is 48.4. The van der Waals surface area contributed by atoms with Crippen LogP contribution < -0.4 is 9.47 Å². The first-order valence-electron chi connectivity index (χ1n) is 8.36. The van der Waals surface area contributed by atoms with E-state index in [9.17, 15) is 22.8 Å². The molecule has 2 unspecified atom stereocenters. The fraction of sp³-hybridized carbons (Fsp3) is 0.316. The summed E-state index contributed by atoms with van der Waals surface area (Å²) in [5, 5.41) is 9.04. The highest BCUT2D eigenvalue weighted by atomic mass is 19.4. The summed E-state index contributed by atoms with van der Waals surface area (Å²) >= 11 is 0. The lowest BCUT2D eigenvalue weighted by atomic mass is 9.98. The van der Waals surface area contributed by atoms with Crippen molar-refractivity contribution in [2.75, 3.05) is 0 Å². The minimum Gasteiger partial charge on any atom is -0.483 e. The first-order chi connectivity index (χ1) is 13.1. The van der Waals surface area contributed by atoms with Crippen molar-refractivity contribution in [3.8, 4) is 17.4 Å². The van der Waals surface area contributed by atoms with E-state index < -0.39 is 35.5 Å². The molecular formula is C19H18F3NO5. The summed E-state index contributed by atoms with van der Waals surface area (Å²) in [7, 11) is 0. The molecule has 2 aromatic rings. The molecule has 0 aliphatic carbocycles.